The van der Waals surface area contributed by atoms with Gasteiger partial charge in [0.1, 0.15) is 0 Å². The highest BCUT2D eigenvalue weighted by molar-refractivity contribution is 7.98. The standard InChI is InChI=1S/C18H29N3OS/c1-12-8-6-7-9-16(12)21(4)17(22)11-10-15-13(2)19-18(23-5)20-14(15)3/h12,16H,6-11H2,1-5H3. The van der Waals surface area contributed by atoms with Gasteiger partial charge in [-0.1, -0.05) is 31.5 Å². The number of thioether (sulfide) groups is 1. The first kappa shape index (κ1) is 18.2. The number of aryl methyl sites for hydroxylation is 2. The maximum atomic E-state index is 12.6. The van der Waals surface area contributed by atoms with E-state index in [1.54, 1.807) is 11.8 Å². The number of carbonyl (C=O) groups is 1. The van der Waals surface area contributed by atoms with Gasteiger partial charge in [0.25, 0.3) is 0 Å². The van der Waals surface area contributed by atoms with Crippen LogP contribution in [0.25, 0.3) is 0 Å². The van der Waals surface area contributed by atoms with Gasteiger partial charge < -0.3 is 4.90 Å². The molecule has 2 unspecified atom stereocenters. The van der Waals surface area contributed by atoms with Crippen LogP contribution < -0.4 is 0 Å². The van der Waals surface area contributed by atoms with Gasteiger partial charge in [-0.2, -0.15) is 0 Å². The van der Waals surface area contributed by atoms with E-state index in [1.165, 1.54) is 19.3 Å². The first-order valence-electron chi connectivity index (χ1n) is 8.57. The molecule has 23 heavy (non-hydrogen) atoms. The Balaban J connectivity index is 1.99. The summed E-state index contributed by atoms with van der Waals surface area (Å²) in [6.45, 7) is 6.30. The molecule has 0 bridgehead atoms. The van der Waals surface area contributed by atoms with E-state index in [0.717, 1.165) is 34.9 Å². The Kier molecular flexibility index (Phi) is 6.45. The predicted octanol–water partition coefficient (Wildman–Crippen LogP) is 3.79. The first-order valence-corrected chi connectivity index (χ1v) is 9.80. The van der Waals surface area contributed by atoms with E-state index >= 15 is 0 Å². The molecule has 2 atom stereocenters. The number of hydrogen-bond acceptors (Lipinski definition) is 4. The van der Waals surface area contributed by atoms with Crippen LogP contribution in [0.4, 0.5) is 0 Å². The van der Waals surface area contributed by atoms with Crippen molar-refractivity contribution in [2.75, 3.05) is 13.3 Å². The lowest BCUT2D eigenvalue weighted by Gasteiger charge is -2.36. The van der Waals surface area contributed by atoms with E-state index in [2.05, 4.69) is 16.9 Å². The lowest BCUT2D eigenvalue weighted by Crippen LogP contribution is -2.42. The second kappa shape index (κ2) is 8.13. The van der Waals surface area contributed by atoms with Crippen molar-refractivity contribution in [3.05, 3.63) is 17.0 Å². The topological polar surface area (TPSA) is 46.1 Å². The molecule has 0 spiro atoms. The number of aromatic nitrogens is 2. The molecular formula is C18H29N3OS. The van der Waals surface area contributed by atoms with Gasteiger partial charge in [0, 0.05) is 30.9 Å². The fourth-order valence-electron chi connectivity index (χ4n) is 3.63. The molecule has 1 aliphatic carbocycles. The Hall–Kier alpha value is -1.10. The van der Waals surface area contributed by atoms with Crippen LogP contribution in [0.3, 0.4) is 0 Å². The third kappa shape index (κ3) is 4.46. The SMILES string of the molecule is CSc1nc(C)c(CCC(=O)N(C)C2CCCCC2C)c(C)n1. The van der Waals surface area contributed by atoms with Crippen LogP contribution in [0, 0.1) is 19.8 Å². The van der Waals surface area contributed by atoms with Crippen LogP contribution in [0.2, 0.25) is 0 Å². The number of hydrogen-bond donors (Lipinski definition) is 0. The second-order valence-corrected chi connectivity index (χ2v) is 7.47. The summed E-state index contributed by atoms with van der Waals surface area (Å²) in [4.78, 5) is 23.6. The summed E-state index contributed by atoms with van der Waals surface area (Å²) in [6, 6.07) is 0.411. The third-order valence-electron chi connectivity index (χ3n) is 5.13. The number of rotatable bonds is 5. The van der Waals surface area contributed by atoms with Crippen molar-refractivity contribution in [1.82, 2.24) is 14.9 Å². The Morgan fingerprint density at radius 3 is 2.39 bits per heavy atom. The van der Waals surface area contributed by atoms with E-state index in [1.807, 2.05) is 32.1 Å². The molecule has 1 saturated carbocycles. The minimum Gasteiger partial charge on any atom is -0.343 e. The second-order valence-electron chi connectivity index (χ2n) is 6.69. The van der Waals surface area contributed by atoms with Gasteiger partial charge in [-0.15, -0.1) is 0 Å². The molecule has 1 aromatic heterocycles. The summed E-state index contributed by atoms with van der Waals surface area (Å²) >= 11 is 1.56. The van der Waals surface area contributed by atoms with E-state index < -0.39 is 0 Å². The summed E-state index contributed by atoms with van der Waals surface area (Å²) < 4.78 is 0. The molecule has 1 aromatic rings. The molecule has 0 aromatic carbocycles. The van der Waals surface area contributed by atoms with Crippen LogP contribution in [-0.4, -0.2) is 40.1 Å². The number of amides is 1. The number of nitrogens with zero attached hydrogens (tertiary/aromatic N) is 3. The summed E-state index contributed by atoms with van der Waals surface area (Å²) in [5, 5.41) is 0.809. The lowest BCUT2D eigenvalue weighted by molar-refractivity contribution is -0.133. The van der Waals surface area contributed by atoms with Crippen molar-refractivity contribution in [1.29, 1.82) is 0 Å². The van der Waals surface area contributed by atoms with Gasteiger partial charge in [0.15, 0.2) is 5.16 Å². The zero-order valence-electron chi connectivity index (χ0n) is 15.1. The summed E-state index contributed by atoms with van der Waals surface area (Å²) in [5.41, 5.74) is 3.13. The summed E-state index contributed by atoms with van der Waals surface area (Å²) in [7, 11) is 1.97. The lowest BCUT2D eigenvalue weighted by atomic mass is 9.85. The molecule has 5 heteroatoms. The smallest absolute Gasteiger partial charge is 0.222 e. The fraction of sp³-hybridized carbons (Fsp3) is 0.722. The van der Waals surface area contributed by atoms with Crippen molar-refractivity contribution in [3.63, 3.8) is 0 Å². The molecule has 1 fully saturated rings. The molecule has 128 valence electrons. The van der Waals surface area contributed by atoms with Crippen LogP contribution in [-0.2, 0) is 11.2 Å². The average molecular weight is 336 g/mol. The molecule has 0 N–H and O–H groups in total. The highest BCUT2D eigenvalue weighted by Crippen LogP contribution is 2.28. The molecule has 2 rings (SSSR count). The monoisotopic (exact) mass is 335 g/mol. The molecule has 1 heterocycles. The quantitative estimate of drug-likeness (QED) is 0.607. The molecule has 1 amide bonds. The van der Waals surface area contributed by atoms with Crippen molar-refractivity contribution in [3.8, 4) is 0 Å². The maximum Gasteiger partial charge on any atom is 0.222 e. The first-order chi connectivity index (χ1) is 10.9. The molecule has 1 aliphatic rings. The van der Waals surface area contributed by atoms with Crippen LogP contribution >= 0.6 is 11.8 Å². The van der Waals surface area contributed by atoms with Gasteiger partial charge in [-0.25, -0.2) is 9.97 Å². The predicted molar refractivity (Wildman–Crippen MR) is 95.8 cm³/mol. The Morgan fingerprint density at radius 2 is 1.83 bits per heavy atom. The van der Waals surface area contributed by atoms with Gasteiger partial charge in [-0.05, 0) is 50.8 Å². The van der Waals surface area contributed by atoms with Crippen molar-refractivity contribution in [2.45, 2.75) is 70.5 Å². The van der Waals surface area contributed by atoms with Crippen LogP contribution in [0.5, 0.6) is 0 Å². The van der Waals surface area contributed by atoms with E-state index in [0.29, 0.717) is 18.4 Å². The Morgan fingerprint density at radius 1 is 1.22 bits per heavy atom. The van der Waals surface area contributed by atoms with Crippen molar-refractivity contribution < 1.29 is 4.79 Å². The van der Waals surface area contributed by atoms with E-state index in [-0.39, 0.29) is 5.91 Å². The van der Waals surface area contributed by atoms with E-state index in [9.17, 15) is 4.79 Å². The van der Waals surface area contributed by atoms with E-state index in [4.69, 9.17) is 0 Å². The minimum absolute atomic E-state index is 0.247. The summed E-state index contributed by atoms with van der Waals surface area (Å²) in [6.07, 6.45) is 8.20. The Bertz CT molecular complexity index is 538. The Labute approximate surface area is 144 Å². The highest BCUT2D eigenvalue weighted by Gasteiger charge is 2.27. The van der Waals surface area contributed by atoms with Crippen LogP contribution in [0.15, 0.2) is 5.16 Å². The molecule has 0 aliphatic heterocycles. The molecule has 0 saturated heterocycles. The molecular weight excluding hydrogens is 306 g/mol. The van der Waals surface area contributed by atoms with Crippen molar-refractivity contribution in [2.24, 2.45) is 5.92 Å². The van der Waals surface area contributed by atoms with Gasteiger partial charge in [0.2, 0.25) is 5.91 Å². The molecule has 0 radical (unpaired) electrons. The average Bonchev–Trinajstić information content (AvgIpc) is 2.53. The largest absolute Gasteiger partial charge is 0.343 e. The van der Waals surface area contributed by atoms with Gasteiger partial charge in [0.05, 0.1) is 0 Å². The van der Waals surface area contributed by atoms with Gasteiger partial charge in [-0.3, -0.25) is 4.79 Å². The normalized spacial score (nSPS) is 21.3. The summed E-state index contributed by atoms with van der Waals surface area (Å²) in [5.74, 6) is 0.863. The third-order valence-corrected chi connectivity index (χ3v) is 5.68. The zero-order valence-corrected chi connectivity index (χ0v) is 15.9. The fourth-order valence-corrected chi connectivity index (χ4v) is 4.08. The zero-order chi connectivity index (χ0) is 17.0. The van der Waals surface area contributed by atoms with Gasteiger partial charge >= 0.3 is 0 Å². The highest BCUT2D eigenvalue weighted by atomic mass is 32.2. The molecule has 4 nitrogen and oxygen atoms in total. The van der Waals surface area contributed by atoms with Crippen molar-refractivity contribution >= 4 is 17.7 Å². The minimum atomic E-state index is 0.247. The van der Waals surface area contributed by atoms with Crippen LogP contribution in [0.1, 0.15) is 56.0 Å². The number of carbonyl (C=O) groups excluding carboxylic acids is 1. The maximum absolute atomic E-state index is 12.6.